The predicted octanol–water partition coefficient (Wildman–Crippen LogP) is 4.17. The molecule has 0 aliphatic carbocycles. The van der Waals surface area contributed by atoms with E-state index >= 15 is 0 Å². The van der Waals surface area contributed by atoms with Gasteiger partial charge in [0, 0.05) is 28.5 Å². The summed E-state index contributed by atoms with van der Waals surface area (Å²) in [6, 6.07) is 10.2. The van der Waals surface area contributed by atoms with Crippen LogP contribution in [0.5, 0.6) is 0 Å². The van der Waals surface area contributed by atoms with Crippen molar-refractivity contribution in [3.63, 3.8) is 0 Å². The van der Waals surface area contributed by atoms with Crippen molar-refractivity contribution in [2.75, 3.05) is 16.4 Å². The number of amides is 2. The summed E-state index contributed by atoms with van der Waals surface area (Å²) >= 11 is 13.0. The molecule has 0 aliphatic rings. The molecule has 0 saturated carbocycles. The normalized spacial score (nSPS) is 10.7. The fourth-order valence-electron chi connectivity index (χ4n) is 2.46. The number of carbonyl (C=O) groups excluding carboxylic acids is 2. The second-order valence-electron chi connectivity index (χ2n) is 6.18. The van der Waals surface area contributed by atoms with Crippen molar-refractivity contribution < 1.29 is 14.0 Å². The van der Waals surface area contributed by atoms with E-state index < -0.39 is 0 Å². The van der Waals surface area contributed by atoms with Gasteiger partial charge in [-0.3, -0.25) is 9.59 Å². The van der Waals surface area contributed by atoms with Crippen LogP contribution in [-0.2, 0) is 23.1 Å². The zero-order chi connectivity index (χ0) is 21.7. The molecule has 7 nitrogen and oxygen atoms in total. The highest BCUT2D eigenvalue weighted by molar-refractivity contribution is 7.99. The van der Waals surface area contributed by atoms with E-state index in [9.17, 15) is 14.0 Å². The van der Waals surface area contributed by atoms with Gasteiger partial charge in [-0.2, -0.15) is 0 Å². The van der Waals surface area contributed by atoms with Gasteiger partial charge in [0.25, 0.3) is 0 Å². The molecule has 1 heterocycles. The van der Waals surface area contributed by atoms with E-state index in [2.05, 4.69) is 20.8 Å². The highest BCUT2D eigenvalue weighted by Crippen LogP contribution is 2.23. The Hall–Kier alpha value is -2.62. The third kappa shape index (κ3) is 6.19. The molecule has 30 heavy (non-hydrogen) atoms. The van der Waals surface area contributed by atoms with Gasteiger partial charge in [-0.05, 0) is 42.5 Å². The number of anilines is 2. The molecule has 11 heteroatoms. The van der Waals surface area contributed by atoms with E-state index in [4.69, 9.17) is 23.2 Å². The van der Waals surface area contributed by atoms with Crippen LogP contribution in [0.3, 0.4) is 0 Å². The number of rotatable bonds is 7. The summed E-state index contributed by atoms with van der Waals surface area (Å²) < 4.78 is 14.6. The van der Waals surface area contributed by atoms with Crippen molar-refractivity contribution >= 4 is 58.2 Å². The zero-order valence-electron chi connectivity index (χ0n) is 15.7. The number of aromatic nitrogens is 3. The van der Waals surface area contributed by atoms with Crippen molar-refractivity contribution in [3.8, 4) is 0 Å². The van der Waals surface area contributed by atoms with Gasteiger partial charge in [-0.25, -0.2) is 4.39 Å². The van der Waals surface area contributed by atoms with Crippen LogP contribution < -0.4 is 10.6 Å². The minimum absolute atomic E-state index is 0.0192. The monoisotopic (exact) mass is 467 g/mol. The number of thioether (sulfide) groups is 1. The lowest BCUT2D eigenvalue weighted by molar-refractivity contribution is -0.116. The molecule has 0 spiro atoms. The summed E-state index contributed by atoms with van der Waals surface area (Å²) in [5.74, 6) is -0.455. The summed E-state index contributed by atoms with van der Waals surface area (Å²) in [5.41, 5.74) is 0.977. The van der Waals surface area contributed by atoms with Crippen molar-refractivity contribution in [2.45, 2.75) is 11.6 Å². The molecule has 3 rings (SSSR count). The van der Waals surface area contributed by atoms with Gasteiger partial charge in [-0.1, -0.05) is 35.0 Å². The molecule has 0 atom stereocenters. The first-order chi connectivity index (χ1) is 14.3. The van der Waals surface area contributed by atoms with Crippen LogP contribution in [0.4, 0.5) is 15.8 Å². The first-order valence-electron chi connectivity index (χ1n) is 8.62. The lowest BCUT2D eigenvalue weighted by Gasteiger charge is -2.07. The molecular formula is C19H16Cl2FN5O2S. The van der Waals surface area contributed by atoms with Crippen molar-refractivity contribution in [2.24, 2.45) is 7.05 Å². The predicted molar refractivity (Wildman–Crippen MR) is 116 cm³/mol. The van der Waals surface area contributed by atoms with Crippen LogP contribution in [0.15, 0.2) is 47.6 Å². The molecule has 2 aromatic carbocycles. The summed E-state index contributed by atoms with van der Waals surface area (Å²) in [4.78, 5) is 24.3. The molecule has 0 saturated heterocycles. The van der Waals surface area contributed by atoms with E-state index in [-0.39, 0.29) is 29.8 Å². The van der Waals surface area contributed by atoms with Crippen LogP contribution in [0.2, 0.25) is 10.0 Å². The quantitative estimate of drug-likeness (QED) is 0.508. The fraction of sp³-hybridized carbons (Fsp3) is 0.158. The van der Waals surface area contributed by atoms with Crippen LogP contribution in [-0.4, -0.2) is 32.3 Å². The standard InChI is InChI=1S/C19H16Cl2FN5O2S/c1-27-16(9-17(28)23-14-4-2-13(22)3-5-14)25-26-19(27)30-10-18(29)24-15-7-11(20)6-12(21)8-15/h2-8H,9-10H2,1H3,(H,23,28)(H,24,29). The molecule has 1 aromatic heterocycles. The highest BCUT2D eigenvalue weighted by atomic mass is 35.5. The third-order valence-corrected chi connectivity index (χ3v) is 5.31. The van der Waals surface area contributed by atoms with E-state index in [1.807, 2.05) is 0 Å². The minimum atomic E-state index is -0.384. The molecule has 2 amide bonds. The van der Waals surface area contributed by atoms with Crippen LogP contribution in [0, 0.1) is 5.82 Å². The maximum atomic E-state index is 12.9. The summed E-state index contributed by atoms with van der Waals surface area (Å²) in [7, 11) is 1.71. The van der Waals surface area contributed by atoms with E-state index in [0.29, 0.717) is 32.4 Å². The van der Waals surface area contributed by atoms with E-state index in [0.717, 1.165) is 0 Å². The first kappa shape index (κ1) is 22.1. The summed E-state index contributed by atoms with van der Waals surface area (Å²) in [6.07, 6.45) is -0.0192. The Labute approximate surface area is 186 Å². The maximum Gasteiger partial charge on any atom is 0.234 e. The number of carbonyl (C=O) groups is 2. The lowest BCUT2D eigenvalue weighted by atomic mass is 10.3. The van der Waals surface area contributed by atoms with Gasteiger partial charge in [0.2, 0.25) is 11.8 Å². The van der Waals surface area contributed by atoms with Crippen molar-refractivity contribution in [1.82, 2.24) is 14.8 Å². The molecule has 0 unspecified atom stereocenters. The van der Waals surface area contributed by atoms with Gasteiger partial charge in [-0.15, -0.1) is 10.2 Å². The Morgan fingerprint density at radius 3 is 2.30 bits per heavy atom. The maximum absolute atomic E-state index is 12.9. The largest absolute Gasteiger partial charge is 0.326 e. The van der Waals surface area contributed by atoms with Gasteiger partial charge < -0.3 is 15.2 Å². The fourth-order valence-corrected chi connectivity index (χ4v) is 3.72. The summed E-state index contributed by atoms with van der Waals surface area (Å²) in [5, 5.41) is 14.7. The topological polar surface area (TPSA) is 88.9 Å². The molecule has 0 bridgehead atoms. The minimum Gasteiger partial charge on any atom is -0.326 e. The number of nitrogens with one attached hydrogen (secondary N) is 2. The first-order valence-corrected chi connectivity index (χ1v) is 10.4. The Kier molecular flexibility index (Phi) is 7.30. The highest BCUT2D eigenvalue weighted by Gasteiger charge is 2.15. The molecule has 3 aromatic rings. The third-order valence-electron chi connectivity index (χ3n) is 3.85. The Bertz CT molecular complexity index is 1060. The number of halogens is 3. The second kappa shape index (κ2) is 9.92. The molecule has 0 fully saturated rings. The Morgan fingerprint density at radius 2 is 1.63 bits per heavy atom. The molecule has 156 valence electrons. The molecule has 0 aliphatic heterocycles. The smallest absolute Gasteiger partial charge is 0.234 e. The average molecular weight is 468 g/mol. The van der Waals surface area contributed by atoms with Gasteiger partial charge in [0.1, 0.15) is 11.6 Å². The molecule has 2 N–H and O–H groups in total. The second-order valence-corrected chi connectivity index (χ2v) is 8.00. The lowest BCUT2D eigenvalue weighted by Crippen LogP contribution is -2.17. The van der Waals surface area contributed by atoms with Gasteiger partial charge in [0.05, 0.1) is 12.2 Å². The van der Waals surface area contributed by atoms with E-state index in [1.165, 1.54) is 36.0 Å². The van der Waals surface area contributed by atoms with Crippen LogP contribution in [0.1, 0.15) is 5.82 Å². The number of hydrogen-bond acceptors (Lipinski definition) is 5. The van der Waals surface area contributed by atoms with E-state index in [1.54, 1.807) is 29.8 Å². The van der Waals surface area contributed by atoms with Gasteiger partial charge >= 0.3 is 0 Å². The van der Waals surface area contributed by atoms with Crippen LogP contribution in [0.25, 0.3) is 0 Å². The number of hydrogen-bond donors (Lipinski definition) is 2. The Morgan fingerprint density at radius 1 is 1.00 bits per heavy atom. The van der Waals surface area contributed by atoms with Crippen LogP contribution >= 0.6 is 35.0 Å². The van der Waals surface area contributed by atoms with Gasteiger partial charge in [0.15, 0.2) is 5.16 Å². The molecular weight excluding hydrogens is 452 g/mol. The number of nitrogens with zero attached hydrogens (tertiary/aromatic N) is 3. The SMILES string of the molecule is Cn1c(CC(=O)Nc2ccc(F)cc2)nnc1SCC(=O)Nc1cc(Cl)cc(Cl)c1. The zero-order valence-corrected chi connectivity index (χ0v) is 18.0. The van der Waals surface area contributed by atoms with Crippen molar-refractivity contribution in [3.05, 3.63) is 64.2 Å². The summed E-state index contributed by atoms with van der Waals surface area (Å²) in [6.45, 7) is 0. The average Bonchev–Trinajstić information content (AvgIpc) is 3.01. The Balaban J connectivity index is 1.53. The molecule has 0 radical (unpaired) electrons. The number of benzene rings is 2. The van der Waals surface area contributed by atoms with Crippen molar-refractivity contribution in [1.29, 1.82) is 0 Å².